The molecular weight excluding hydrogens is 420 g/mol. The second kappa shape index (κ2) is 8.81. The number of rotatable bonds is 5. The van der Waals surface area contributed by atoms with Crippen molar-refractivity contribution in [3.63, 3.8) is 0 Å². The second-order valence-electron chi connectivity index (χ2n) is 7.53. The van der Waals surface area contributed by atoms with Crippen LogP contribution < -0.4 is 10.1 Å². The zero-order chi connectivity index (χ0) is 21.9. The Bertz CT molecular complexity index is 1320. The molecule has 4 aromatic rings. The maximum Gasteiger partial charge on any atom is 0.163 e. The molecular formula is C26H21ClN4O. The number of hydrogen-bond acceptors (Lipinski definition) is 5. The van der Waals surface area contributed by atoms with E-state index in [9.17, 15) is 0 Å². The molecule has 1 aliphatic rings. The zero-order valence-electron chi connectivity index (χ0n) is 17.5. The quantitative estimate of drug-likeness (QED) is 0.401. The number of methoxy groups -OCH3 is 1. The fourth-order valence-corrected chi connectivity index (χ4v) is 3.85. The molecule has 2 heterocycles. The number of nitrogens with one attached hydrogen (secondary N) is 1. The smallest absolute Gasteiger partial charge is 0.163 e. The van der Waals surface area contributed by atoms with E-state index in [-0.39, 0.29) is 6.04 Å². The minimum Gasteiger partial charge on any atom is -0.497 e. The number of fused-ring (bicyclic) bond motifs is 1. The van der Waals surface area contributed by atoms with Gasteiger partial charge in [0.15, 0.2) is 5.82 Å². The van der Waals surface area contributed by atoms with Crippen LogP contribution in [0.2, 0.25) is 5.02 Å². The summed E-state index contributed by atoms with van der Waals surface area (Å²) in [6, 6.07) is 17.7. The number of aromatic nitrogens is 3. The summed E-state index contributed by atoms with van der Waals surface area (Å²) in [6.45, 7) is 0. The van der Waals surface area contributed by atoms with Crippen LogP contribution in [0.15, 0.2) is 85.2 Å². The van der Waals surface area contributed by atoms with Crippen molar-refractivity contribution < 1.29 is 4.74 Å². The lowest BCUT2D eigenvalue weighted by Gasteiger charge is -2.20. The largest absolute Gasteiger partial charge is 0.497 e. The molecule has 5 nitrogen and oxygen atoms in total. The highest BCUT2D eigenvalue weighted by molar-refractivity contribution is 6.30. The lowest BCUT2D eigenvalue weighted by molar-refractivity contribution is 0.415. The topological polar surface area (TPSA) is 59.9 Å². The van der Waals surface area contributed by atoms with Gasteiger partial charge in [-0.15, -0.1) is 0 Å². The van der Waals surface area contributed by atoms with Crippen LogP contribution >= 0.6 is 11.6 Å². The van der Waals surface area contributed by atoms with Crippen LogP contribution in [-0.2, 0) is 0 Å². The van der Waals surface area contributed by atoms with Gasteiger partial charge in [0.25, 0.3) is 0 Å². The number of ether oxygens (including phenoxy) is 1. The molecule has 5 rings (SSSR count). The number of halogens is 1. The summed E-state index contributed by atoms with van der Waals surface area (Å²) < 4.78 is 5.43. The second-order valence-corrected chi connectivity index (χ2v) is 7.97. The highest BCUT2D eigenvalue weighted by atomic mass is 35.5. The monoisotopic (exact) mass is 440 g/mol. The van der Waals surface area contributed by atoms with Crippen LogP contribution in [0.5, 0.6) is 5.75 Å². The standard InChI is InChI=1S/C26H21ClN4O/c1-32-22-12-13-24-23(15-22)26(31-25(30-24)19-3-2-14-28-16-19)29-21-10-6-18(7-11-21)17-4-8-20(27)9-5-17/h2-10,12-16,21H,11H2,1H3,(H,29,30,31). The van der Waals surface area contributed by atoms with Crippen LogP contribution in [0.3, 0.4) is 0 Å². The third-order valence-corrected chi connectivity index (χ3v) is 5.67. The van der Waals surface area contributed by atoms with E-state index in [4.69, 9.17) is 26.3 Å². The van der Waals surface area contributed by atoms with E-state index in [1.165, 1.54) is 5.57 Å². The van der Waals surface area contributed by atoms with Crippen molar-refractivity contribution in [2.24, 2.45) is 0 Å². The zero-order valence-corrected chi connectivity index (χ0v) is 18.3. The minimum absolute atomic E-state index is 0.108. The minimum atomic E-state index is 0.108. The molecule has 1 aliphatic carbocycles. The molecule has 0 bridgehead atoms. The lowest BCUT2D eigenvalue weighted by atomic mass is 9.97. The molecule has 1 N–H and O–H groups in total. The van der Waals surface area contributed by atoms with E-state index in [2.05, 4.69) is 28.5 Å². The summed E-state index contributed by atoms with van der Waals surface area (Å²) in [7, 11) is 1.66. The third kappa shape index (κ3) is 4.20. The van der Waals surface area contributed by atoms with Crippen molar-refractivity contribution in [3.05, 3.63) is 95.8 Å². The number of hydrogen-bond donors (Lipinski definition) is 1. The van der Waals surface area contributed by atoms with Crippen molar-refractivity contribution in [2.75, 3.05) is 12.4 Å². The van der Waals surface area contributed by atoms with Crippen molar-refractivity contribution >= 4 is 33.9 Å². The molecule has 6 heteroatoms. The van der Waals surface area contributed by atoms with Gasteiger partial charge in [0.05, 0.1) is 12.6 Å². The summed E-state index contributed by atoms with van der Waals surface area (Å²) >= 11 is 6.02. The van der Waals surface area contributed by atoms with Gasteiger partial charge in [0, 0.05) is 34.4 Å². The molecule has 2 aromatic heterocycles. The van der Waals surface area contributed by atoms with Gasteiger partial charge < -0.3 is 10.1 Å². The molecule has 2 aromatic carbocycles. The van der Waals surface area contributed by atoms with Crippen molar-refractivity contribution in [3.8, 4) is 17.1 Å². The molecule has 158 valence electrons. The number of benzene rings is 2. The Morgan fingerprint density at radius 3 is 2.62 bits per heavy atom. The van der Waals surface area contributed by atoms with Crippen LogP contribution in [0, 0.1) is 0 Å². The maximum atomic E-state index is 6.02. The molecule has 1 atom stereocenters. The number of pyridine rings is 1. The first kappa shape index (κ1) is 20.2. The molecule has 1 unspecified atom stereocenters. The lowest BCUT2D eigenvalue weighted by Crippen LogP contribution is -2.19. The Balaban J connectivity index is 1.46. The average molecular weight is 441 g/mol. The Hall–Kier alpha value is -3.70. The predicted molar refractivity (Wildman–Crippen MR) is 130 cm³/mol. The van der Waals surface area contributed by atoms with Gasteiger partial charge in [0.1, 0.15) is 11.6 Å². The summed E-state index contributed by atoms with van der Waals surface area (Å²) in [5.41, 5.74) is 4.06. The Morgan fingerprint density at radius 2 is 1.91 bits per heavy atom. The SMILES string of the molecule is COc1ccc2nc(-c3cccnc3)nc(NC3C=CC(c4ccc(Cl)cc4)=CC3)c2c1. The Morgan fingerprint density at radius 1 is 1.03 bits per heavy atom. The summed E-state index contributed by atoms with van der Waals surface area (Å²) in [4.78, 5) is 13.8. The van der Waals surface area contributed by atoms with Gasteiger partial charge >= 0.3 is 0 Å². The van der Waals surface area contributed by atoms with Gasteiger partial charge in [0.2, 0.25) is 0 Å². The normalized spacial score (nSPS) is 15.4. The molecule has 0 amide bonds. The summed E-state index contributed by atoms with van der Waals surface area (Å²) in [5.74, 6) is 2.17. The van der Waals surface area contributed by atoms with Crippen LogP contribution in [0.25, 0.3) is 27.9 Å². The maximum absolute atomic E-state index is 6.02. The molecule has 0 spiro atoms. The molecule has 0 saturated heterocycles. The predicted octanol–water partition coefficient (Wildman–Crippen LogP) is 6.18. The van der Waals surface area contributed by atoms with Crippen molar-refractivity contribution in [1.29, 1.82) is 0 Å². The summed E-state index contributed by atoms with van der Waals surface area (Å²) in [6.07, 6.45) is 10.9. The van der Waals surface area contributed by atoms with E-state index in [0.717, 1.165) is 45.0 Å². The molecule has 32 heavy (non-hydrogen) atoms. The van der Waals surface area contributed by atoms with Gasteiger partial charge in [-0.3, -0.25) is 4.98 Å². The first-order chi connectivity index (χ1) is 15.7. The van der Waals surface area contributed by atoms with E-state index in [0.29, 0.717) is 5.82 Å². The van der Waals surface area contributed by atoms with E-state index in [1.54, 1.807) is 19.5 Å². The first-order valence-corrected chi connectivity index (χ1v) is 10.7. The highest BCUT2D eigenvalue weighted by Crippen LogP contribution is 2.30. The molecule has 0 saturated carbocycles. The molecule has 0 radical (unpaired) electrons. The van der Waals surface area contributed by atoms with E-state index < -0.39 is 0 Å². The highest BCUT2D eigenvalue weighted by Gasteiger charge is 2.15. The molecule has 0 aliphatic heterocycles. The van der Waals surface area contributed by atoms with Crippen molar-refractivity contribution in [1.82, 2.24) is 15.0 Å². The van der Waals surface area contributed by atoms with Gasteiger partial charge in [-0.05, 0) is 60.0 Å². The van der Waals surface area contributed by atoms with Crippen LogP contribution in [0.4, 0.5) is 5.82 Å². The van der Waals surface area contributed by atoms with Gasteiger partial charge in [-0.1, -0.05) is 42.0 Å². The van der Waals surface area contributed by atoms with Crippen LogP contribution in [-0.4, -0.2) is 28.1 Å². The number of allylic oxidation sites excluding steroid dienone is 2. The Labute approximate surface area is 191 Å². The van der Waals surface area contributed by atoms with Gasteiger partial charge in [-0.25, -0.2) is 9.97 Å². The van der Waals surface area contributed by atoms with E-state index >= 15 is 0 Å². The number of anilines is 1. The molecule has 0 fully saturated rings. The third-order valence-electron chi connectivity index (χ3n) is 5.42. The fourth-order valence-electron chi connectivity index (χ4n) is 3.73. The average Bonchev–Trinajstić information content (AvgIpc) is 2.85. The number of nitrogens with zero attached hydrogens (tertiary/aromatic N) is 3. The Kier molecular flexibility index (Phi) is 5.57. The van der Waals surface area contributed by atoms with Gasteiger partial charge in [-0.2, -0.15) is 0 Å². The van der Waals surface area contributed by atoms with E-state index in [1.807, 2.05) is 54.6 Å². The van der Waals surface area contributed by atoms with Crippen LogP contribution in [0.1, 0.15) is 12.0 Å². The summed E-state index contributed by atoms with van der Waals surface area (Å²) in [5, 5.41) is 5.24. The first-order valence-electron chi connectivity index (χ1n) is 10.4. The van der Waals surface area contributed by atoms with Crippen molar-refractivity contribution in [2.45, 2.75) is 12.5 Å². The fraction of sp³-hybridized carbons (Fsp3) is 0.115.